The van der Waals surface area contributed by atoms with E-state index >= 15 is 0 Å². The summed E-state index contributed by atoms with van der Waals surface area (Å²) >= 11 is 4.37. The van der Waals surface area contributed by atoms with Crippen LogP contribution in [0, 0.1) is 5.92 Å². The molecule has 12 aromatic rings. The lowest BCUT2D eigenvalue weighted by Gasteiger charge is -2.47. The van der Waals surface area contributed by atoms with Crippen molar-refractivity contribution in [2.45, 2.75) is 142 Å². The van der Waals surface area contributed by atoms with Crippen molar-refractivity contribution in [3.05, 3.63) is 329 Å². The van der Waals surface area contributed by atoms with Crippen molar-refractivity contribution >= 4 is 87.5 Å². The second-order valence-corrected chi connectivity index (χ2v) is 34.4. The van der Waals surface area contributed by atoms with E-state index in [1.807, 2.05) is 182 Å². The number of aromatic hydroxyl groups is 1. The van der Waals surface area contributed by atoms with Crippen LogP contribution in [0.1, 0.15) is 172 Å². The number of phenols is 1. The number of aliphatic carboxylic acids is 4. The highest BCUT2D eigenvalue weighted by Crippen LogP contribution is 2.38. The summed E-state index contributed by atoms with van der Waals surface area (Å²) in [6.07, 6.45) is 2.81. The number of hydrogen-bond donors (Lipinski definition) is 7. The first-order chi connectivity index (χ1) is 61.1. The van der Waals surface area contributed by atoms with Gasteiger partial charge in [0.2, 0.25) is 5.54 Å². The topological polar surface area (TPSA) is 347 Å². The number of oxazole rings is 1. The third kappa shape index (κ3) is 31.8. The molecular formula is C106H121N2O21S+. The maximum Gasteiger partial charge on any atom is 0.366 e. The van der Waals surface area contributed by atoms with Gasteiger partial charge >= 0.3 is 41.8 Å². The number of phenolic OH excluding ortho intramolecular Hbond substituents is 1. The number of nitrogens with zero attached hydrogens (tertiary/aromatic N) is 2. The normalized spacial score (nSPS) is 11.5. The summed E-state index contributed by atoms with van der Waals surface area (Å²) in [5.41, 5.74) is 7.14. The molecule has 0 aliphatic heterocycles. The smallest absolute Gasteiger partial charge is 0.366 e. The van der Waals surface area contributed by atoms with E-state index < -0.39 is 63.4 Å². The van der Waals surface area contributed by atoms with Crippen LogP contribution in [0.15, 0.2) is 278 Å². The maximum atomic E-state index is 12.2. The quantitative estimate of drug-likeness (QED) is 0.00661. The fourth-order valence-corrected chi connectivity index (χ4v) is 13.0. The molecule has 0 aliphatic rings. The lowest BCUT2D eigenvalue weighted by molar-refractivity contribution is -0.913. The molecule has 686 valence electrons. The molecule has 0 aliphatic carbocycles. The minimum absolute atomic E-state index is 0.00295. The minimum atomic E-state index is -0.964. The van der Waals surface area contributed by atoms with Gasteiger partial charge in [-0.3, -0.25) is 24.0 Å². The Hall–Kier alpha value is -14.0. The monoisotopic (exact) mass is 1790 g/mol. The first kappa shape index (κ1) is 107. The molecule has 12 rings (SSSR count). The van der Waals surface area contributed by atoms with Crippen molar-refractivity contribution in [2.24, 2.45) is 5.92 Å². The Morgan fingerprint density at radius 1 is 0.485 bits per heavy atom. The molecule has 2 unspecified atom stereocenters. The van der Waals surface area contributed by atoms with Gasteiger partial charge in [0.1, 0.15) is 45.6 Å². The van der Waals surface area contributed by atoms with Crippen LogP contribution in [-0.2, 0) is 68.3 Å². The number of fused-ring (bicyclic) bond motifs is 2. The summed E-state index contributed by atoms with van der Waals surface area (Å²) in [5, 5.41) is 59.3. The maximum absolute atomic E-state index is 12.2. The van der Waals surface area contributed by atoms with Gasteiger partial charge in [-0.1, -0.05) is 233 Å². The van der Waals surface area contributed by atoms with Gasteiger partial charge in [0.15, 0.2) is 17.4 Å². The second-order valence-electron chi connectivity index (χ2n) is 33.3. The molecule has 130 heavy (non-hydrogen) atoms. The molecule has 6 N–H and O–H groups in total. The van der Waals surface area contributed by atoms with Gasteiger partial charge in [-0.25, -0.2) is 19.4 Å². The number of para-hydroxylation sites is 2. The van der Waals surface area contributed by atoms with E-state index in [1.165, 1.54) is 61.9 Å². The number of thiol groups is 1. The van der Waals surface area contributed by atoms with Gasteiger partial charge in [0.05, 0.1) is 77.8 Å². The second kappa shape index (κ2) is 50.0. The van der Waals surface area contributed by atoms with Crippen LogP contribution in [0.3, 0.4) is 0 Å². The van der Waals surface area contributed by atoms with Gasteiger partial charge in [-0.15, -0.1) is 0 Å². The Labute approximate surface area is 767 Å². The number of rotatable bonds is 26. The van der Waals surface area contributed by atoms with Gasteiger partial charge < -0.3 is 68.0 Å². The SMILES string of the molecule is C=C(O)C(C)(C)c1ccc(CC(C)C)cc1.CC(C)(C(=O)O)c1ccc(C(=O)c2ccccc2)cc1.CC(C)(S)C(C)(C(=O)O)[N+](C)(C)C.COC(=O)c1ccccc1O.COC(=O)c1ccccc1OC(C)=O.COc1ccc2cc(C(C)C(=O)O)ccc2c1.COc1ccc2cc(CCC(C)=O)ccc2c1.O=C(O)CCc1nc(-c2ccccc2)c(-c2ccccc2)o1. The van der Waals surface area contributed by atoms with Crippen molar-refractivity contribution in [3.63, 3.8) is 0 Å². The van der Waals surface area contributed by atoms with Crippen molar-refractivity contribution in [3.8, 4) is 45.6 Å². The van der Waals surface area contributed by atoms with Crippen LogP contribution in [0.25, 0.3) is 44.1 Å². The summed E-state index contributed by atoms with van der Waals surface area (Å²) in [6.45, 7) is 25.3. The van der Waals surface area contributed by atoms with Crippen LogP contribution in [0.2, 0.25) is 0 Å². The number of methoxy groups -OCH3 is 4. The van der Waals surface area contributed by atoms with E-state index in [2.05, 4.69) is 90.0 Å². The first-order valence-electron chi connectivity index (χ1n) is 41.8. The number of aliphatic hydroxyl groups is 1. The fourth-order valence-electron chi connectivity index (χ4n) is 12.6. The molecule has 1 heterocycles. The number of Topliss-reactive ketones (excluding diaryl/α,β-unsaturated/α-hetero) is 1. The number of hydrogen-bond acceptors (Lipinski definition) is 19. The highest BCUT2D eigenvalue weighted by molar-refractivity contribution is 7.81. The number of carboxylic acids is 4. The number of benzene rings is 11. The molecule has 0 radical (unpaired) electrons. The third-order valence-electron chi connectivity index (χ3n) is 21.4. The molecule has 0 saturated heterocycles. The zero-order valence-electron chi connectivity index (χ0n) is 77.4. The number of carbonyl (C=O) groups excluding carboxylic acids is 5. The number of aryl methyl sites for hydroxylation is 2. The van der Waals surface area contributed by atoms with Crippen molar-refractivity contribution in [2.75, 3.05) is 49.6 Å². The number of esters is 3. The summed E-state index contributed by atoms with van der Waals surface area (Å²) in [7, 11) is 11.4. The predicted molar refractivity (Wildman–Crippen MR) is 512 cm³/mol. The van der Waals surface area contributed by atoms with E-state index in [4.69, 9.17) is 33.9 Å². The minimum Gasteiger partial charge on any atom is -0.512 e. The highest BCUT2D eigenvalue weighted by atomic mass is 32.1. The molecule has 1 aromatic heterocycles. The van der Waals surface area contributed by atoms with E-state index in [1.54, 1.807) is 110 Å². The number of allylic oxidation sites excluding steroid dienone is 1. The van der Waals surface area contributed by atoms with Crippen molar-refractivity contribution in [1.29, 1.82) is 0 Å². The van der Waals surface area contributed by atoms with Gasteiger partial charge in [0.25, 0.3) is 0 Å². The van der Waals surface area contributed by atoms with Crippen molar-refractivity contribution < 1.29 is 106 Å². The molecule has 0 amide bonds. The Bertz CT molecular complexity index is 5700. The third-order valence-corrected chi connectivity index (χ3v) is 21.8. The number of carbonyl (C=O) groups is 9. The average Bonchev–Trinajstić information content (AvgIpc) is 0.835. The lowest BCUT2D eigenvalue weighted by Crippen LogP contribution is -2.68. The molecule has 0 fully saturated rings. The van der Waals surface area contributed by atoms with Crippen molar-refractivity contribution in [1.82, 2.24) is 4.98 Å². The summed E-state index contributed by atoms with van der Waals surface area (Å²) < 4.78 is 29.7. The Balaban J connectivity index is 0.000000265. The molecular weight excluding hydrogens is 1670 g/mol. The van der Waals surface area contributed by atoms with E-state index in [9.17, 15) is 58.5 Å². The molecule has 24 heteroatoms. The summed E-state index contributed by atoms with van der Waals surface area (Å²) in [4.78, 5) is 105. The molecule has 11 aromatic carbocycles. The van der Waals surface area contributed by atoms with Crippen LogP contribution in [0.5, 0.6) is 23.0 Å². The van der Waals surface area contributed by atoms with Crippen LogP contribution >= 0.6 is 12.6 Å². The first-order valence-corrected chi connectivity index (χ1v) is 42.2. The predicted octanol–water partition coefficient (Wildman–Crippen LogP) is 21.8. The Kier molecular flexibility index (Phi) is 41.0. The molecule has 0 bridgehead atoms. The fraction of sp³-hybridized carbons (Fsp3) is 0.283. The number of ketones is 2. The van der Waals surface area contributed by atoms with Crippen LogP contribution in [-0.4, -0.2) is 153 Å². The number of aliphatic hydroxyl groups excluding tert-OH is 1. The molecule has 0 saturated carbocycles. The molecule has 2 atom stereocenters. The largest absolute Gasteiger partial charge is 0.512 e. The van der Waals surface area contributed by atoms with Gasteiger partial charge in [-0.05, 0) is 172 Å². The van der Waals surface area contributed by atoms with Crippen LogP contribution in [0.4, 0.5) is 0 Å². The number of likely N-dealkylation sites (N-methyl/N-ethyl adjacent to an activating group) is 1. The standard InChI is InChI=1S/C18H15NO3.C17H16O3.C15H16O2.C15H22O.C14H14O3.C10H10O4.C9H19NO2S.C8H8O3/c20-16(21)12-11-15-19-17(13-7-3-1-4-8-13)18(22-15)14-9-5-2-6-10-14;1-17(2,16(19)20)14-10-8-13(9-11-14)15(18)12-6-4-3-5-7-12;1-11(16)3-4-12-5-6-14-10-15(17-2)8-7-13(14)9-12;1-11(2)10-13-6-8-14(9-7-13)15(4,5)12(3)16;1-9(14(15)16)10-3-4-12-8-13(17-2)6-5-11(12)7-10;1-7(11)14-9-6-4-3-5-8(9)10(12)13-2;1-8(2,13)9(3,7(11)12)10(4,5)6;1-11-8(10)6-4-2-3-5-7(6)9/h1-10H,11-12H2,(H,20,21);3-11H,1-2H3,(H,19,20);5-10H,3-4H2,1-2H3;6-9,11,16H,3,10H2,1-2,4-5H3;3-9H,1-2H3,(H,15,16);3-6H,1-2H3;1-6H3,(H-,11,12,13);2-5,9H,1H3/p+1. The van der Waals surface area contributed by atoms with E-state index in [-0.39, 0.29) is 58.2 Å². The van der Waals surface area contributed by atoms with E-state index in [0.29, 0.717) is 45.2 Å². The Morgan fingerprint density at radius 2 is 0.931 bits per heavy atom. The van der Waals surface area contributed by atoms with Gasteiger partial charge in [0, 0.05) is 54.4 Å². The average molecular weight is 1790 g/mol. The zero-order valence-corrected chi connectivity index (χ0v) is 78.3. The number of aromatic nitrogens is 1. The van der Waals surface area contributed by atoms with Gasteiger partial charge in [-0.2, -0.15) is 12.6 Å². The Morgan fingerprint density at radius 3 is 1.38 bits per heavy atom. The number of quaternary nitrogens is 1. The zero-order chi connectivity index (χ0) is 97.0. The number of carboxylic acid groups (broad SMARTS) is 4. The number of ether oxygens (including phenoxy) is 5. The lowest BCUT2D eigenvalue weighted by atomic mass is 9.82. The molecule has 0 spiro atoms. The summed E-state index contributed by atoms with van der Waals surface area (Å²) in [5.74, 6) is -1.38. The molecule has 23 nitrogen and oxygen atoms in total. The van der Waals surface area contributed by atoms with E-state index in [0.717, 1.165) is 68.4 Å². The highest BCUT2D eigenvalue weighted by Gasteiger charge is 2.56. The van der Waals surface area contributed by atoms with Crippen LogP contribution < -0.4 is 14.2 Å². The summed E-state index contributed by atoms with van der Waals surface area (Å²) in [6, 6.07) is 80.0.